The van der Waals surface area contributed by atoms with Crippen molar-refractivity contribution in [2.75, 3.05) is 13.2 Å². The van der Waals surface area contributed by atoms with Crippen LogP contribution in [0, 0.1) is 11.8 Å². The summed E-state index contributed by atoms with van der Waals surface area (Å²) < 4.78 is 16.5. The average Bonchev–Trinajstić information content (AvgIpc) is 2.99. The largest absolute Gasteiger partial charge is 0.462 e. The minimum absolute atomic E-state index is 0.0679. The van der Waals surface area contributed by atoms with E-state index >= 15 is 0 Å². The zero-order valence-electron chi connectivity index (χ0n) is 30.5. The minimum Gasteiger partial charge on any atom is -0.462 e. The van der Waals surface area contributed by atoms with Gasteiger partial charge in [-0.15, -0.1) is 0 Å². The van der Waals surface area contributed by atoms with Gasteiger partial charge >= 0.3 is 17.9 Å². The third-order valence-electron chi connectivity index (χ3n) is 8.47. The van der Waals surface area contributed by atoms with Crippen molar-refractivity contribution in [1.29, 1.82) is 0 Å². The van der Waals surface area contributed by atoms with E-state index in [0.29, 0.717) is 19.3 Å². The van der Waals surface area contributed by atoms with Crippen LogP contribution in [0.1, 0.15) is 202 Å². The summed E-state index contributed by atoms with van der Waals surface area (Å²) in [6.45, 7) is 11.2. The first kappa shape index (κ1) is 43.4. The highest BCUT2D eigenvalue weighted by Gasteiger charge is 2.19. The lowest BCUT2D eigenvalue weighted by molar-refractivity contribution is -0.167. The molecule has 0 amide bonds. The van der Waals surface area contributed by atoms with E-state index in [9.17, 15) is 14.4 Å². The van der Waals surface area contributed by atoms with Crippen molar-refractivity contribution in [3.05, 3.63) is 0 Å². The maximum Gasteiger partial charge on any atom is 0.306 e. The standard InChI is InChI=1S/C39H74O6/c1-6-7-8-9-12-19-24-29-37(40)43-32-36(33-44-38(41)30-25-20-16-15-18-23-28-35(4)5)45-39(42)31-26-21-14-11-10-13-17-22-27-34(2)3/h34-36H,6-33H2,1-5H3/t36-/m1/s1. The molecule has 6 nitrogen and oxygen atoms in total. The molecular formula is C39H74O6. The van der Waals surface area contributed by atoms with Crippen molar-refractivity contribution < 1.29 is 28.6 Å². The normalized spacial score (nSPS) is 12.1. The molecule has 0 bridgehead atoms. The van der Waals surface area contributed by atoms with E-state index in [1.807, 2.05) is 0 Å². The van der Waals surface area contributed by atoms with Crippen molar-refractivity contribution in [1.82, 2.24) is 0 Å². The first-order valence-corrected chi connectivity index (χ1v) is 19.2. The Morgan fingerprint density at radius 3 is 1.09 bits per heavy atom. The second-order valence-electron chi connectivity index (χ2n) is 14.2. The molecule has 0 aliphatic rings. The molecule has 0 spiro atoms. The van der Waals surface area contributed by atoms with Gasteiger partial charge in [0.2, 0.25) is 0 Å². The molecule has 0 aliphatic carbocycles. The molecule has 0 radical (unpaired) electrons. The Morgan fingerprint density at radius 1 is 0.422 bits per heavy atom. The van der Waals surface area contributed by atoms with Crippen LogP contribution in [-0.4, -0.2) is 37.2 Å². The van der Waals surface area contributed by atoms with E-state index in [4.69, 9.17) is 14.2 Å². The number of ether oxygens (including phenoxy) is 3. The molecule has 6 heteroatoms. The van der Waals surface area contributed by atoms with Gasteiger partial charge in [0, 0.05) is 19.3 Å². The van der Waals surface area contributed by atoms with Crippen molar-refractivity contribution in [2.45, 2.75) is 208 Å². The van der Waals surface area contributed by atoms with E-state index in [2.05, 4.69) is 34.6 Å². The highest BCUT2D eigenvalue weighted by Crippen LogP contribution is 2.15. The summed E-state index contributed by atoms with van der Waals surface area (Å²) in [4.78, 5) is 37.3. The first-order chi connectivity index (χ1) is 21.7. The maximum atomic E-state index is 12.6. The van der Waals surface area contributed by atoms with Gasteiger partial charge in [-0.05, 0) is 31.1 Å². The third-order valence-corrected chi connectivity index (χ3v) is 8.47. The topological polar surface area (TPSA) is 78.9 Å². The van der Waals surface area contributed by atoms with Crippen molar-refractivity contribution in [2.24, 2.45) is 11.8 Å². The molecule has 0 aromatic rings. The van der Waals surface area contributed by atoms with Crippen molar-refractivity contribution >= 4 is 17.9 Å². The van der Waals surface area contributed by atoms with Crippen LogP contribution < -0.4 is 0 Å². The number of carbonyl (C=O) groups is 3. The maximum absolute atomic E-state index is 12.6. The van der Waals surface area contributed by atoms with Gasteiger partial charge in [-0.2, -0.15) is 0 Å². The fourth-order valence-corrected chi connectivity index (χ4v) is 5.52. The highest BCUT2D eigenvalue weighted by atomic mass is 16.6. The van der Waals surface area contributed by atoms with Gasteiger partial charge < -0.3 is 14.2 Å². The SMILES string of the molecule is CCCCCCCCCC(=O)OC[C@H](COC(=O)CCCCCCCCC(C)C)OC(=O)CCCCCCCCCCC(C)C. The van der Waals surface area contributed by atoms with E-state index < -0.39 is 6.10 Å². The van der Waals surface area contributed by atoms with E-state index in [-0.39, 0.29) is 31.1 Å². The molecule has 0 fully saturated rings. The van der Waals surface area contributed by atoms with Crippen LogP contribution in [-0.2, 0) is 28.6 Å². The molecule has 0 N–H and O–H groups in total. The minimum atomic E-state index is -0.758. The smallest absolute Gasteiger partial charge is 0.306 e. The Kier molecular flexibility index (Phi) is 31.2. The van der Waals surface area contributed by atoms with Gasteiger partial charge in [-0.1, -0.05) is 163 Å². The van der Waals surface area contributed by atoms with Gasteiger partial charge in [0.15, 0.2) is 6.10 Å². The summed E-state index contributed by atoms with van der Waals surface area (Å²) in [5, 5.41) is 0. The molecule has 0 saturated carbocycles. The Labute approximate surface area is 278 Å². The summed E-state index contributed by atoms with van der Waals surface area (Å²) in [7, 11) is 0. The van der Waals surface area contributed by atoms with Crippen LogP contribution in [0.3, 0.4) is 0 Å². The predicted octanol–water partition coefficient (Wildman–Crippen LogP) is 11.5. The van der Waals surface area contributed by atoms with Gasteiger partial charge in [0.1, 0.15) is 13.2 Å². The zero-order valence-corrected chi connectivity index (χ0v) is 30.5. The summed E-state index contributed by atoms with van der Waals surface area (Å²) >= 11 is 0. The monoisotopic (exact) mass is 639 g/mol. The molecule has 0 aliphatic heterocycles. The summed E-state index contributed by atoms with van der Waals surface area (Å²) in [6.07, 6.45) is 26.9. The fourth-order valence-electron chi connectivity index (χ4n) is 5.52. The van der Waals surface area contributed by atoms with Crippen molar-refractivity contribution in [3.8, 4) is 0 Å². The average molecular weight is 639 g/mol. The highest BCUT2D eigenvalue weighted by molar-refractivity contribution is 5.71. The Bertz CT molecular complexity index is 689. The lowest BCUT2D eigenvalue weighted by Gasteiger charge is -2.18. The zero-order chi connectivity index (χ0) is 33.4. The molecule has 0 aromatic carbocycles. The molecule has 0 aromatic heterocycles. The first-order valence-electron chi connectivity index (χ1n) is 19.2. The predicted molar refractivity (Wildman–Crippen MR) is 187 cm³/mol. The van der Waals surface area contributed by atoms with Gasteiger partial charge in [-0.25, -0.2) is 0 Å². The Balaban J connectivity index is 4.35. The van der Waals surface area contributed by atoms with Crippen LogP contribution >= 0.6 is 0 Å². The summed E-state index contributed by atoms with van der Waals surface area (Å²) in [6, 6.07) is 0. The Hall–Kier alpha value is -1.59. The molecule has 266 valence electrons. The van der Waals surface area contributed by atoms with Crippen LogP contribution in [0.2, 0.25) is 0 Å². The lowest BCUT2D eigenvalue weighted by Crippen LogP contribution is -2.30. The molecule has 0 rings (SSSR count). The molecule has 0 heterocycles. The number of carbonyl (C=O) groups excluding carboxylic acids is 3. The van der Waals surface area contributed by atoms with E-state index in [1.165, 1.54) is 89.9 Å². The van der Waals surface area contributed by atoms with Crippen LogP contribution in [0.15, 0.2) is 0 Å². The molecular weight excluding hydrogens is 564 g/mol. The number of hydrogen-bond donors (Lipinski definition) is 0. The van der Waals surface area contributed by atoms with Crippen LogP contribution in [0.4, 0.5) is 0 Å². The van der Waals surface area contributed by atoms with Crippen LogP contribution in [0.5, 0.6) is 0 Å². The fraction of sp³-hybridized carbons (Fsp3) is 0.923. The molecule has 0 unspecified atom stereocenters. The number of unbranched alkanes of at least 4 members (excludes halogenated alkanes) is 18. The van der Waals surface area contributed by atoms with Gasteiger partial charge in [-0.3, -0.25) is 14.4 Å². The molecule has 1 atom stereocenters. The lowest BCUT2D eigenvalue weighted by atomic mass is 10.0. The summed E-state index contributed by atoms with van der Waals surface area (Å²) in [5.74, 6) is 0.677. The molecule has 45 heavy (non-hydrogen) atoms. The van der Waals surface area contributed by atoms with Crippen molar-refractivity contribution in [3.63, 3.8) is 0 Å². The van der Waals surface area contributed by atoms with Crippen LogP contribution in [0.25, 0.3) is 0 Å². The van der Waals surface area contributed by atoms with Gasteiger partial charge in [0.25, 0.3) is 0 Å². The van der Waals surface area contributed by atoms with E-state index in [1.54, 1.807) is 0 Å². The number of hydrogen-bond acceptors (Lipinski definition) is 6. The number of esters is 3. The number of rotatable bonds is 33. The third kappa shape index (κ3) is 33.6. The van der Waals surface area contributed by atoms with Gasteiger partial charge in [0.05, 0.1) is 0 Å². The van der Waals surface area contributed by atoms with E-state index in [0.717, 1.165) is 69.6 Å². The Morgan fingerprint density at radius 2 is 0.733 bits per heavy atom. The summed E-state index contributed by atoms with van der Waals surface area (Å²) in [5.41, 5.74) is 0. The molecule has 0 saturated heterocycles. The second-order valence-corrected chi connectivity index (χ2v) is 14.2. The second kappa shape index (κ2) is 32.4. The quantitative estimate of drug-likeness (QED) is 0.0404.